The van der Waals surface area contributed by atoms with E-state index < -0.39 is 0 Å². The highest BCUT2D eigenvalue weighted by Gasteiger charge is 2.06. The number of nitrogens with zero attached hydrogens (tertiary/aromatic N) is 2. The Balaban J connectivity index is 1.76. The lowest BCUT2D eigenvalue weighted by Gasteiger charge is -2.11. The first-order chi connectivity index (χ1) is 11.2. The van der Waals surface area contributed by atoms with E-state index in [0.29, 0.717) is 18.9 Å². The molecule has 1 heterocycles. The van der Waals surface area contributed by atoms with Crippen LogP contribution in [0.3, 0.4) is 0 Å². The number of aromatic nitrogens is 2. The van der Waals surface area contributed by atoms with E-state index in [1.54, 1.807) is 4.57 Å². The molecule has 4 heteroatoms. The van der Waals surface area contributed by atoms with Gasteiger partial charge in [0, 0.05) is 18.3 Å². The van der Waals surface area contributed by atoms with Crippen molar-refractivity contribution in [3.63, 3.8) is 0 Å². The third kappa shape index (κ3) is 3.86. The van der Waals surface area contributed by atoms with Gasteiger partial charge in [-0.3, -0.25) is 4.57 Å². The van der Waals surface area contributed by atoms with Gasteiger partial charge < -0.3 is 5.32 Å². The van der Waals surface area contributed by atoms with Gasteiger partial charge in [0.25, 0.3) is 0 Å². The highest BCUT2D eigenvalue weighted by Crippen LogP contribution is 2.11. The number of aryl methyl sites for hydroxylation is 1. The van der Waals surface area contributed by atoms with E-state index in [1.165, 1.54) is 0 Å². The number of hydrogen-bond donors (Lipinski definition) is 1. The molecule has 1 N–H and O–H groups in total. The molecule has 0 aliphatic rings. The van der Waals surface area contributed by atoms with Gasteiger partial charge in [-0.1, -0.05) is 60.7 Å². The molecule has 2 aromatic carbocycles. The highest BCUT2D eigenvalue weighted by molar-refractivity contribution is 5.42. The molecule has 1 aromatic heterocycles. The molecule has 0 amide bonds. The van der Waals surface area contributed by atoms with E-state index in [1.807, 2.05) is 73.8 Å². The first kappa shape index (κ1) is 15.0. The second-order valence-electron chi connectivity index (χ2n) is 5.51. The number of rotatable bonds is 5. The van der Waals surface area contributed by atoms with E-state index in [9.17, 15) is 4.79 Å². The Hall–Kier alpha value is -2.88. The molecule has 0 aliphatic heterocycles. The molecule has 0 saturated carbocycles. The Bertz CT molecular complexity index is 826. The van der Waals surface area contributed by atoms with Gasteiger partial charge in [0.2, 0.25) is 0 Å². The summed E-state index contributed by atoms with van der Waals surface area (Å²) in [7, 11) is 0. The lowest BCUT2D eigenvalue weighted by Crippen LogP contribution is -2.25. The summed E-state index contributed by atoms with van der Waals surface area (Å²) in [6.45, 7) is 3.14. The minimum Gasteiger partial charge on any atom is -0.366 e. The van der Waals surface area contributed by atoms with E-state index in [-0.39, 0.29) is 5.69 Å². The van der Waals surface area contributed by atoms with Crippen LogP contribution in [-0.4, -0.2) is 9.55 Å². The van der Waals surface area contributed by atoms with Crippen molar-refractivity contribution < 1.29 is 0 Å². The van der Waals surface area contributed by atoms with Crippen LogP contribution in [0.4, 0.5) is 5.82 Å². The zero-order valence-electron chi connectivity index (χ0n) is 13.1. The lowest BCUT2D eigenvalue weighted by atomic mass is 10.2. The van der Waals surface area contributed by atoms with Crippen molar-refractivity contribution in [2.45, 2.75) is 20.0 Å². The molecular weight excluding hydrogens is 286 g/mol. The molecule has 23 heavy (non-hydrogen) atoms. The van der Waals surface area contributed by atoms with Gasteiger partial charge in [-0.2, -0.15) is 4.98 Å². The second-order valence-corrected chi connectivity index (χ2v) is 5.51. The molecule has 3 aromatic rings. The first-order valence-corrected chi connectivity index (χ1v) is 7.62. The van der Waals surface area contributed by atoms with E-state index in [2.05, 4.69) is 10.3 Å². The third-order valence-corrected chi connectivity index (χ3v) is 3.67. The summed E-state index contributed by atoms with van der Waals surface area (Å²) < 4.78 is 1.64. The fourth-order valence-corrected chi connectivity index (χ4v) is 2.45. The lowest BCUT2D eigenvalue weighted by molar-refractivity contribution is 0.722. The van der Waals surface area contributed by atoms with Crippen LogP contribution >= 0.6 is 0 Å². The Morgan fingerprint density at radius 3 is 2.22 bits per heavy atom. The molecular formula is C19H19N3O. The molecule has 0 atom stereocenters. The monoisotopic (exact) mass is 305 g/mol. The minimum atomic E-state index is -0.241. The summed E-state index contributed by atoms with van der Waals surface area (Å²) >= 11 is 0. The predicted molar refractivity (Wildman–Crippen MR) is 92.5 cm³/mol. The Morgan fingerprint density at radius 1 is 0.957 bits per heavy atom. The molecule has 0 fully saturated rings. The van der Waals surface area contributed by atoms with Gasteiger partial charge in [0.1, 0.15) is 5.82 Å². The fraction of sp³-hybridized carbons (Fsp3) is 0.158. The van der Waals surface area contributed by atoms with E-state index in [0.717, 1.165) is 16.7 Å². The minimum absolute atomic E-state index is 0.241. The van der Waals surface area contributed by atoms with Gasteiger partial charge in [-0.25, -0.2) is 4.79 Å². The topological polar surface area (TPSA) is 46.9 Å². The van der Waals surface area contributed by atoms with E-state index >= 15 is 0 Å². The van der Waals surface area contributed by atoms with Crippen LogP contribution in [0.15, 0.2) is 71.7 Å². The van der Waals surface area contributed by atoms with Crippen LogP contribution < -0.4 is 11.0 Å². The van der Waals surface area contributed by atoms with Crippen molar-refractivity contribution in [3.8, 4) is 0 Å². The van der Waals surface area contributed by atoms with Gasteiger partial charge in [-0.15, -0.1) is 0 Å². The van der Waals surface area contributed by atoms with Gasteiger partial charge >= 0.3 is 5.69 Å². The molecule has 116 valence electrons. The quantitative estimate of drug-likeness (QED) is 0.787. The van der Waals surface area contributed by atoms with Gasteiger partial charge in [0.05, 0.1) is 6.54 Å². The summed E-state index contributed by atoms with van der Waals surface area (Å²) in [5, 5.41) is 3.24. The Kier molecular flexibility index (Phi) is 4.52. The number of benzene rings is 2. The van der Waals surface area contributed by atoms with Crippen molar-refractivity contribution in [1.29, 1.82) is 0 Å². The summed E-state index contributed by atoms with van der Waals surface area (Å²) in [6, 6.07) is 20.0. The smallest absolute Gasteiger partial charge is 0.349 e. The average Bonchev–Trinajstić information content (AvgIpc) is 2.58. The maximum absolute atomic E-state index is 12.2. The maximum atomic E-state index is 12.2. The highest BCUT2D eigenvalue weighted by atomic mass is 16.1. The SMILES string of the molecule is Cc1cn(Cc2ccccc2)c(=O)nc1NCc1ccccc1. The van der Waals surface area contributed by atoms with Crippen LogP contribution in [0.1, 0.15) is 16.7 Å². The van der Waals surface area contributed by atoms with Crippen molar-refractivity contribution >= 4 is 5.82 Å². The van der Waals surface area contributed by atoms with Crippen LogP contribution in [0.2, 0.25) is 0 Å². The molecule has 0 bridgehead atoms. The molecule has 0 aliphatic carbocycles. The zero-order valence-corrected chi connectivity index (χ0v) is 13.1. The molecule has 0 spiro atoms. The second kappa shape index (κ2) is 6.92. The normalized spacial score (nSPS) is 10.5. The van der Waals surface area contributed by atoms with Crippen LogP contribution in [0.25, 0.3) is 0 Å². The number of nitrogens with one attached hydrogen (secondary N) is 1. The predicted octanol–water partition coefficient (Wildman–Crippen LogP) is 3.21. The molecule has 3 rings (SSSR count). The average molecular weight is 305 g/mol. The standard InChI is InChI=1S/C19H19N3O/c1-15-13-22(14-17-10-6-3-7-11-17)19(23)21-18(15)20-12-16-8-4-2-5-9-16/h2-11,13H,12,14H2,1H3,(H,20,21,23). The number of hydrogen-bond acceptors (Lipinski definition) is 3. The van der Waals surface area contributed by atoms with E-state index in [4.69, 9.17) is 0 Å². The molecule has 4 nitrogen and oxygen atoms in total. The van der Waals surface area contributed by atoms with Crippen LogP contribution in [0, 0.1) is 6.92 Å². The van der Waals surface area contributed by atoms with Crippen molar-refractivity contribution in [3.05, 3.63) is 94.0 Å². The Morgan fingerprint density at radius 2 is 1.57 bits per heavy atom. The molecule has 0 saturated heterocycles. The fourth-order valence-electron chi connectivity index (χ4n) is 2.45. The maximum Gasteiger partial charge on any atom is 0.349 e. The summed E-state index contributed by atoms with van der Waals surface area (Å²) in [5.41, 5.74) is 2.95. The van der Waals surface area contributed by atoms with Crippen LogP contribution in [-0.2, 0) is 13.1 Å². The first-order valence-electron chi connectivity index (χ1n) is 7.62. The Labute approximate surface area is 135 Å². The number of anilines is 1. The van der Waals surface area contributed by atoms with Gasteiger partial charge in [0.15, 0.2) is 0 Å². The summed E-state index contributed by atoms with van der Waals surface area (Å²) in [5.74, 6) is 0.642. The van der Waals surface area contributed by atoms with Crippen LogP contribution in [0.5, 0.6) is 0 Å². The summed E-state index contributed by atoms with van der Waals surface area (Å²) in [6.07, 6.45) is 1.86. The third-order valence-electron chi connectivity index (χ3n) is 3.67. The van der Waals surface area contributed by atoms with Gasteiger partial charge in [-0.05, 0) is 18.1 Å². The molecule has 0 radical (unpaired) electrons. The summed E-state index contributed by atoms with van der Waals surface area (Å²) in [4.78, 5) is 16.4. The molecule has 0 unspecified atom stereocenters. The van der Waals surface area contributed by atoms with Crippen molar-refractivity contribution in [2.75, 3.05) is 5.32 Å². The zero-order chi connectivity index (χ0) is 16.1. The largest absolute Gasteiger partial charge is 0.366 e. The van der Waals surface area contributed by atoms with Crippen molar-refractivity contribution in [2.24, 2.45) is 0 Å². The van der Waals surface area contributed by atoms with Crippen molar-refractivity contribution in [1.82, 2.24) is 9.55 Å².